The first-order valence-corrected chi connectivity index (χ1v) is 8.24. The van der Waals surface area contributed by atoms with E-state index >= 15 is 0 Å². The fraction of sp³-hybridized carbons (Fsp3) is 0.688. The average Bonchev–Trinajstić information content (AvgIpc) is 2.94. The molecule has 3 rings (SSSR count). The SMILES string of the molecule is CC1(C)C(N)C(C)(C)C1NC(=O)c1cc2c(s1)CCC2. The lowest BCUT2D eigenvalue weighted by Gasteiger charge is -2.62. The van der Waals surface area contributed by atoms with E-state index in [1.165, 1.54) is 16.9 Å². The second-order valence-electron chi connectivity index (χ2n) is 7.44. The summed E-state index contributed by atoms with van der Waals surface area (Å²) in [7, 11) is 0. The number of nitrogens with two attached hydrogens (primary N) is 1. The van der Waals surface area contributed by atoms with Crippen molar-refractivity contribution in [1.82, 2.24) is 5.32 Å². The van der Waals surface area contributed by atoms with Gasteiger partial charge in [-0.1, -0.05) is 27.7 Å². The van der Waals surface area contributed by atoms with Crippen molar-refractivity contribution < 1.29 is 4.79 Å². The molecule has 1 fully saturated rings. The zero-order valence-corrected chi connectivity index (χ0v) is 13.6. The van der Waals surface area contributed by atoms with E-state index in [1.807, 2.05) is 0 Å². The van der Waals surface area contributed by atoms with Gasteiger partial charge >= 0.3 is 0 Å². The number of carbonyl (C=O) groups excluding carboxylic acids is 1. The number of hydrogen-bond acceptors (Lipinski definition) is 3. The molecule has 2 aliphatic carbocycles. The number of aryl methyl sites for hydroxylation is 2. The van der Waals surface area contributed by atoms with Gasteiger partial charge in [0.25, 0.3) is 5.91 Å². The van der Waals surface area contributed by atoms with Gasteiger partial charge in [-0.05, 0) is 30.9 Å². The maximum Gasteiger partial charge on any atom is 0.261 e. The number of fused-ring (bicyclic) bond motifs is 1. The maximum atomic E-state index is 12.5. The van der Waals surface area contributed by atoms with Crippen LogP contribution in [0, 0.1) is 10.8 Å². The Morgan fingerprint density at radius 1 is 1.30 bits per heavy atom. The Kier molecular flexibility index (Phi) is 3.04. The largest absolute Gasteiger partial charge is 0.347 e. The van der Waals surface area contributed by atoms with Crippen LogP contribution < -0.4 is 11.1 Å². The predicted molar refractivity (Wildman–Crippen MR) is 83.1 cm³/mol. The highest BCUT2D eigenvalue weighted by molar-refractivity contribution is 7.14. The normalized spacial score (nSPS) is 29.6. The highest BCUT2D eigenvalue weighted by Gasteiger charge is 2.60. The lowest BCUT2D eigenvalue weighted by atomic mass is 9.48. The standard InChI is InChI=1S/C16H24N2OS/c1-15(2)13(17)16(3,4)14(15)18-12(19)11-8-9-6-5-7-10(9)20-11/h8,13-14H,5-7,17H2,1-4H3,(H,18,19). The van der Waals surface area contributed by atoms with Gasteiger partial charge in [0.1, 0.15) is 0 Å². The van der Waals surface area contributed by atoms with Gasteiger partial charge in [-0.15, -0.1) is 11.3 Å². The molecule has 0 spiro atoms. The van der Waals surface area contributed by atoms with Crippen LogP contribution in [0.4, 0.5) is 0 Å². The summed E-state index contributed by atoms with van der Waals surface area (Å²) in [6.45, 7) is 8.56. The third-order valence-electron chi connectivity index (χ3n) is 5.34. The Morgan fingerprint density at radius 3 is 2.55 bits per heavy atom. The molecule has 1 saturated carbocycles. The molecule has 3 nitrogen and oxygen atoms in total. The van der Waals surface area contributed by atoms with Crippen molar-refractivity contribution in [1.29, 1.82) is 0 Å². The highest BCUT2D eigenvalue weighted by Crippen LogP contribution is 2.52. The van der Waals surface area contributed by atoms with E-state index in [1.54, 1.807) is 11.3 Å². The first-order valence-electron chi connectivity index (χ1n) is 7.42. The van der Waals surface area contributed by atoms with Crippen molar-refractivity contribution in [3.63, 3.8) is 0 Å². The van der Waals surface area contributed by atoms with E-state index in [9.17, 15) is 4.79 Å². The van der Waals surface area contributed by atoms with Gasteiger partial charge in [0, 0.05) is 27.8 Å². The quantitative estimate of drug-likeness (QED) is 0.880. The summed E-state index contributed by atoms with van der Waals surface area (Å²) in [6.07, 6.45) is 3.50. The second kappa shape index (κ2) is 4.31. The molecule has 1 aromatic heterocycles. The molecule has 0 bridgehead atoms. The molecule has 1 aromatic rings. The van der Waals surface area contributed by atoms with Crippen LogP contribution in [0.15, 0.2) is 6.07 Å². The number of nitrogens with one attached hydrogen (secondary N) is 1. The third-order valence-corrected chi connectivity index (χ3v) is 6.57. The lowest BCUT2D eigenvalue weighted by molar-refractivity contribution is -0.0663. The zero-order chi connectivity index (χ0) is 14.7. The summed E-state index contributed by atoms with van der Waals surface area (Å²) in [4.78, 5) is 14.8. The van der Waals surface area contributed by atoms with Crippen LogP contribution in [0.5, 0.6) is 0 Å². The first kappa shape index (κ1) is 14.1. The van der Waals surface area contributed by atoms with Crippen molar-refractivity contribution in [3.8, 4) is 0 Å². The molecule has 0 atom stereocenters. The molecular weight excluding hydrogens is 268 g/mol. The van der Waals surface area contributed by atoms with Gasteiger partial charge in [0.15, 0.2) is 0 Å². The van der Waals surface area contributed by atoms with Crippen molar-refractivity contribution in [2.75, 3.05) is 0 Å². The molecule has 0 unspecified atom stereocenters. The number of amides is 1. The van der Waals surface area contributed by atoms with E-state index in [-0.39, 0.29) is 28.8 Å². The topological polar surface area (TPSA) is 55.1 Å². The minimum absolute atomic E-state index is 0.0425. The Balaban J connectivity index is 1.76. The van der Waals surface area contributed by atoms with Crippen LogP contribution in [0.1, 0.15) is 54.2 Å². The van der Waals surface area contributed by atoms with Gasteiger partial charge in [-0.25, -0.2) is 0 Å². The van der Waals surface area contributed by atoms with Crippen molar-refractivity contribution in [2.24, 2.45) is 16.6 Å². The molecule has 1 amide bonds. The molecule has 2 aliphatic rings. The van der Waals surface area contributed by atoms with E-state index in [0.717, 1.165) is 17.7 Å². The van der Waals surface area contributed by atoms with Gasteiger partial charge in [0.2, 0.25) is 0 Å². The molecule has 1 heterocycles. The Bertz CT molecular complexity index is 521. The fourth-order valence-electron chi connectivity index (χ4n) is 4.20. The maximum absolute atomic E-state index is 12.5. The first-order chi connectivity index (χ1) is 9.24. The zero-order valence-electron chi connectivity index (χ0n) is 12.7. The van der Waals surface area contributed by atoms with Gasteiger partial charge < -0.3 is 11.1 Å². The van der Waals surface area contributed by atoms with Crippen molar-refractivity contribution >= 4 is 17.2 Å². The Labute approximate surface area is 124 Å². The number of hydrogen-bond donors (Lipinski definition) is 2. The van der Waals surface area contributed by atoms with Gasteiger partial charge in [-0.3, -0.25) is 4.79 Å². The highest BCUT2D eigenvalue weighted by atomic mass is 32.1. The van der Waals surface area contributed by atoms with E-state index < -0.39 is 0 Å². The van der Waals surface area contributed by atoms with Gasteiger partial charge in [-0.2, -0.15) is 0 Å². The molecule has 0 saturated heterocycles. The van der Waals surface area contributed by atoms with Crippen LogP contribution in [0.2, 0.25) is 0 Å². The predicted octanol–water partition coefficient (Wildman–Crippen LogP) is 2.73. The van der Waals surface area contributed by atoms with E-state index in [0.29, 0.717) is 0 Å². The fourth-order valence-corrected chi connectivity index (χ4v) is 5.35. The number of thiophene rings is 1. The third kappa shape index (κ3) is 1.85. The summed E-state index contributed by atoms with van der Waals surface area (Å²) in [5, 5.41) is 3.22. The summed E-state index contributed by atoms with van der Waals surface area (Å²) in [5.41, 5.74) is 7.54. The smallest absolute Gasteiger partial charge is 0.261 e. The monoisotopic (exact) mass is 292 g/mol. The number of carbonyl (C=O) groups is 1. The number of rotatable bonds is 2. The Morgan fingerprint density at radius 2 is 1.95 bits per heavy atom. The van der Waals surface area contributed by atoms with Crippen molar-refractivity contribution in [2.45, 2.75) is 59.0 Å². The minimum atomic E-state index is -0.0425. The van der Waals surface area contributed by atoms with E-state index in [4.69, 9.17) is 5.73 Å². The van der Waals surface area contributed by atoms with Crippen LogP contribution in [0.25, 0.3) is 0 Å². The Hall–Kier alpha value is -0.870. The molecule has 0 aliphatic heterocycles. The van der Waals surface area contributed by atoms with Crippen LogP contribution in [-0.2, 0) is 12.8 Å². The summed E-state index contributed by atoms with van der Waals surface area (Å²) < 4.78 is 0. The van der Waals surface area contributed by atoms with E-state index in [2.05, 4.69) is 39.1 Å². The molecular formula is C16H24N2OS. The molecule has 3 N–H and O–H groups in total. The molecule has 0 aromatic carbocycles. The van der Waals surface area contributed by atoms with Crippen molar-refractivity contribution in [3.05, 3.63) is 21.4 Å². The summed E-state index contributed by atoms with van der Waals surface area (Å²) >= 11 is 1.66. The minimum Gasteiger partial charge on any atom is -0.347 e. The second-order valence-corrected chi connectivity index (χ2v) is 8.58. The summed E-state index contributed by atoms with van der Waals surface area (Å²) in [5.74, 6) is 0.0717. The molecule has 4 heteroatoms. The molecule has 0 radical (unpaired) electrons. The van der Waals surface area contributed by atoms with Crippen LogP contribution in [-0.4, -0.2) is 18.0 Å². The molecule has 110 valence electrons. The summed E-state index contributed by atoms with van der Waals surface area (Å²) in [6, 6.07) is 2.34. The lowest BCUT2D eigenvalue weighted by Crippen LogP contribution is -2.76. The average molecular weight is 292 g/mol. The molecule has 20 heavy (non-hydrogen) atoms. The van der Waals surface area contributed by atoms with Crippen LogP contribution in [0.3, 0.4) is 0 Å². The van der Waals surface area contributed by atoms with Crippen LogP contribution >= 0.6 is 11.3 Å². The van der Waals surface area contributed by atoms with Gasteiger partial charge in [0.05, 0.1) is 4.88 Å².